The highest BCUT2D eigenvalue weighted by molar-refractivity contribution is 5.96. The first-order chi connectivity index (χ1) is 21.2. The van der Waals surface area contributed by atoms with Crippen LogP contribution in [0.25, 0.3) is 0 Å². The Morgan fingerprint density at radius 1 is 0.955 bits per heavy atom. The molecule has 10 nitrogen and oxygen atoms in total. The zero-order chi connectivity index (χ0) is 31.4. The van der Waals surface area contributed by atoms with Gasteiger partial charge in [-0.1, -0.05) is 42.0 Å². The van der Waals surface area contributed by atoms with Gasteiger partial charge in [0.2, 0.25) is 5.91 Å². The van der Waals surface area contributed by atoms with Gasteiger partial charge in [-0.25, -0.2) is 4.79 Å². The number of nitrogens with zero attached hydrogens (tertiary/aromatic N) is 4. The van der Waals surface area contributed by atoms with Crippen molar-refractivity contribution in [3.8, 4) is 0 Å². The molecule has 0 bridgehead atoms. The maximum atomic E-state index is 13.5. The Morgan fingerprint density at radius 3 is 2.32 bits per heavy atom. The van der Waals surface area contributed by atoms with Crippen LogP contribution in [-0.2, 0) is 20.9 Å². The van der Waals surface area contributed by atoms with Crippen molar-refractivity contribution >= 4 is 29.2 Å². The number of ether oxygens (including phenoxy) is 1. The molecule has 10 heteroatoms. The smallest absolute Gasteiger partial charge is 0.336 e. The van der Waals surface area contributed by atoms with E-state index < -0.39 is 16.8 Å². The van der Waals surface area contributed by atoms with E-state index in [9.17, 15) is 24.5 Å². The third kappa shape index (κ3) is 6.49. The van der Waals surface area contributed by atoms with Crippen molar-refractivity contribution in [1.82, 2.24) is 9.80 Å². The zero-order valence-electron chi connectivity index (χ0n) is 25.2. The van der Waals surface area contributed by atoms with Crippen LogP contribution < -0.4 is 4.90 Å². The van der Waals surface area contributed by atoms with Crippen molar-refractivity contribution in [2.75, 3.05) is 37.7 Å². The van der Waals surface area contributed by atoms with E-state index in [0.717, 1.165) is 22.4 Å². The van der Waals surface area contributed by atoms with Gasteiger partial charge in [0.15, 0.2) is 0 Å². The average molecular weight is 597 g/mol. The second-order valence-corrected chi connectivity index (χ2v) is 11.1. The van der Waals surface area contributed by atoms with Gasteiger partial charge in [-0.15, -0.1) is 0 Å². The molecule has 5 rings (SSSR count). The summed E-state index contributed by atoms with van der Waals surface area (Å²) < 4.78 is 5.42. The Morgan fingerprint density at radius 2 is 1.66 bits per heavy atom. The van der Waals surface area contributed by atoms with Crippen LogP contribution in [0.3, 0.4) is 0 Å². The topological polar surface area (TPSA) is 113 Å². The number of esters is 1. The molecule has 228 valence electrons. The highest BCUT2D eigenvalue weighted by Gasteiger charge is 2.37. The van der Waals surface area contributed by atoms with Gasteiger partial charge in [-0.05, 0) is 56.2 Å². The maximum absolute atomic E-state index is 13.5. The number of non-ortho nitro benzene ring substituents is 1. The monoisotopic (exact) mass is 596 g/mol. The highest BCUT2D eigenvalue weighted by atomic mass is 16.6. The Kier molecular flexibility index (Phi) is 9.08. The lowest BCUT2D eigenvalue weighted by Crippen LogP contribution is -2.48. The molecule has 0 saturated carbocycles. The Hall–Kier alpha value is -4.99. The zero-order valence-corrected chi connectivity index (χ0v) is 25.2. The summed E-state index contributed by atoms with van der Waals surface area (Å²) in [5, 5.41) is 11.0. The maximum Gasteiger partial charge on any atom is 0.336 e. The average Bonchev–Trinajstić information content (AvgIpc) is 3.02. The molecule has 2 aliphatic rings. The van der Waals surface area contributed by atoms with E-state index in [1.165, 1.54) is 12.1 Å². The molecule has 2 aliphatic heterocycles. The third-order valence-electron chi connectivity index (χ3n) is 8.27. The van der Waals surface area contributed by atoms with Gasteiger partial charge in [0.05, 0.1) is 23.6 Å². The summed E-state index contributed by atoms with van der Waals surface area (Å²) in [6.07, 6.45) is 0.145. The number of rotatable bonds is 8. The predicted molar refractivity (Wildman–Crippen MR) is 166 cm³/mol. The minimum absolute atomic E-state index is 0.0441. The van der Waals surface area contributed by atoms with Crippen LogP contribution >= 0.6 is 0 Å². The number of nitro groups is 1. The second-order valence-electron chi connectivity index (χ2n) is 11.1. The summed E-state index contributed by atoms with van der Waals surface area (Å²) in [4.78, 5) is 56.2. The number of piperazine rings is 1. The third-order valence-corrected chi connectivity index (χ3v) is 8.27. The van der Waals surface area contributed by atoms with Crippen LogP contribution in [0.5, 0.6) is 0 Å². The highest BCUT2D eigenvalue weighted by Crippen LogP contribution is 2.38. The van der Waals surface area contributed by atoms with Crippen LogP contribution in [0.2, 0.25) is 0 Å². The van der Waals surface area contributed by atoms with Crippen LogP contribution in [0.1, 0.15) is 53.2 Å². The summed E-state index contributed by atoms with van der Waals surface area (Å²) in [7, 11) is 0. The molecular weight excluding hydrogens is 560 g/mol. The van der Waals surface area contributed by atoms with Crippen molar-refractivity contribution in [3.05, 3.63) is 116 Å². The second kappa shape index (κ2) is 13.1. The molecule has 1 atom stereocenters. The molecule has 3 aromatic rings. The lowest BCUT2D eigenvalue weighted by molar-refractivity contribution is -0.384. The molecule has 2 heterocycles. The number of anilines is 1. The largest absolute Gasteiger partial charge is 0.463 e. The van der Waals surface area contributed by atoms with E-state index in [0.29, 0.717) is 43.0 Å². The van der Waals surface area contributed by atoms with Gasteiger partial charge in [0, 0.05) is 67.6 Å². The predicted octanol–water partition coefficient (Wildman–Crippen LogP) is 5.22. The lowest BCUT2D eigenvalue weighted by atomic mass is 9.83. The molecule has 0 aromatic heterocycles. The van der Waals surface area contributed by atoms with Gasteiger partial charge in [0.25, 0.3) is 11.6 Å². The van der Waals surface area contributed by atoms with Crippen LogP contribution in [0.15, 0.2) is 84.1 Å². The molecule has 1 saturated heterocycles. The van der Waals surface area contributed by atoms with Gasteiger partial charge >= 0.3 is 5.97 Å². The summed E-state index contributed by atoms with van der Waals surface area (Å²) >= 11 is 0. The number of benzene rings is 3. The molecule has 0 N–H and O–H groups in total. The van der Waals surface area contributed by atoms with Crippen LogP contribution in [0, 0.1) is 17.0 Å². The molecule has 2 amide bonds. The Labute approximate surface area is 256 Å². The van der Waals surface area contributed by atoms with E-state index in [1.54, 1.807) is 41.8 Å². The fourth-order valence-electron chi connectivity index (χ4n) is 5.97. The van der Waals surface area contributed by atoms with Crippen molar-refractivity contribution in [2.45, 2.75) is 39.7 Å². The van der Waals surface area contributed by atoms with E-state index in [2.05, 4.69) is 4.90 Å². The van der Waals surface area contributed by atoms with Gasteiger partial charge in [0.1, 0.15) is 0 Å². The van der Waals surface area contributed by atoms with E-state index >= 15 is 0 Å². The number of allylic oxidation sites excluding steroid dienone is 1. The number of carbonyl (C=O) groups is 3. The summed E-state index contributed by atoms with van der Waals surface area (Å²) in [5.41, 5.74) is 5.23. The normalized spacial score (nSPS) is 17.1. The Balaban J connectivity index is 1.31. The molecule has 3 aromatic carbocycles. The SMILES string of the molecule is CCOC(=O)C1=C(C)N(Cc2cccc(C(=O)N3CCN(c4ccc([N+](=O)[O-])cc4)CC3)c2)C(=O)C[C@H]1c1cccc(C)c1. The van der Waals surface area contributed by atoms with E-state index in [-0.39, 0.29) is 37.1 Å². The molecular formula is C34H36N4O6. The fourth-order valence-corrected chi connectivity index (χ4v) is 5.97. The van der Waals surface area contributed by atoms with Crippen LogP contribution in [-0.4, -0.2) is 65.3 Å². The molecule has 0 spiro atoms. The number of aryl methyl sites for hydroxylation is 1. The number of nitro benzene ring substituents is 1. The van der Waals surface area contributed by atoms with Gasteiger partial charge in [-0.3, -0.25) is 19.7 Å². The molecule has 0 radical (unpaired) electrons. The van der Waals surface area contributed by atoms with Gasteiger partial charge in [-0.2, -0.15) is 0 Å². The van der Waals surface area contributed by atoms with Crippen molar-refractivity contribution in [1.29, 1.82) is 0 Å². The number of hydrogen-bond acceptors (Lipinski definition) is 7. The quantitative estimate of drug-likeness (QED) is 0.199. The number of amides is 2. The van der Waals surface area contributed by atoms with Crippen LogP contribution in [0.4, 0.5) is 11.4 Å². The first kappa shape index (κ1) is 30.5. The summed E-state index contributed by atoms with van der Waals surface area (Å²) in [6, 6.07) is 21.5. The van der Waals surface area contributed by atoms with Gasteiger partial charge < -0.3 is 19.4 Å². The minimum Gasteiger partial charge on any atom is -0.463 e. The first-order valence-electron chi connectivity index (χ1n) is 14.8. The summed E-state index contributed by atoms with van der Waals surface area (Å²) in [5.74, 6) is -1.01. The number of hydrogen-bond donors (Lipinski definition) is 0. The molecule has 0 unspecified atom stereocenters. The van der Waals surface area contributed by atoms with Crippen molar-refractivity contribution in [3.63, 3.8) is 0 Å². The molecule has 0 aliphatic carbocycles. The first-order valence-corrected chi connectivity index (χ1v) is 14.8. The fraction of sp³-hybridized carbons (Fsp3) is 0.324. The van der Waals surface area contributed by atoms with E-state index in [1.807, 2.05) is 49.4 Å². The van der Waals surface area contributed by atoms with Crippen molar-refractivity contribution in [2.24, 2.45) is 0 Å². The molecule has 44 heavy (non-hydrogen) atoms. The van der Waals surface area contributed by atoms with Crippen molar-refractivity contribution < 1.29 is 24.0 Å². The lowest BCUT2D eigenvalue weighted by Gasteiger charge is -2.36. The van der Waals surface area contributed by atoms with E-state index in [4.69, 9.17) is 4.74 Å². The summed E-state index contributed by atoms with van der Waals surface area (Å²) in [6.45, 7) is 8.21. The number of carbonyl (C=O) groups excluding carboxylic acids is 3. The molecule has 1 fully saturated rings. The minimum atomic E-state index is -0.425. The standard InChI is InChI=1S/C34H36N4O6/c1-4-44-34(41)32-24(3)37(31(39)21-30(32)26-9-5-7-23(2)19-26)22-25-8-6-10-27(20-25)33(40)36-17-15-35(16-18-36)28-11-13-29(14-12-28)38(42)43/h5-14,19-20,30H,4,15-18,21-22H2,1-3H3/t30-/m0/s1. The Bertz CT molecular complexity index is 1610.